The Balaban J connectivity index is 2.43. The number of nitrogens with zero attached hydrogens (tertiary/aromatic N) is 3. The summed E-state index contributed by atoms with van der Waals surface area (Å²) in [5.41, 5.74) is 1.62. The Hall–Kier alpha value is -1.62. The molecule has 0 spiro atoms. The van der Waals surface area contributed by atoms with Gasteiger partial charge in [-0.3, -0.25) is 0 Å². The van der Waals surface area contributed by atoms with E-state index in [-0.39, 0.29) is 12.1 Å². The number of hydrogen-bond donors (Lipinski definition) is 2. The van der Waals surface area contributed by atoms with Crippen molar-refractivity contribution in [1.82, 2.24) is 14.6 Å². The van der Waals surface area contributed by atoms with Gasteiger partial charge in [0.2, 0.25) is 0 Å². The minimum atomic E-state index is -0.364. The number of aromatic nitrogens is 3. The monoisotopic (exact) mass is 262 g/mol. The van der Waals surface area contributed by atoms with Crippen molar-refractivity contribution >= 4 is 11.3 Å². The Kier molecular flexibility index (Phi) is 3.75. The highest BCUT2D eigenvalue weighted by Gasteiger charge is 2.22. The van der Waals surface area contributed by atoms with Crippen LogP contribution < -0.4 is 5.32 Å². The SMILES string of the molecule is CCC(C)(CO)Nc1nccn2nc(C(C)C)cc12. The lowest BCUT2D eigenvalue weighted by Gasteiger charge is -2.27. The first-order chi connectivity index (χ1) is 8.99. The Morgan fingerprint density at radius 2 is 2.21 bits per heavy atom. The van der Waals surface area contributed by atoms with E-state index < -0.39 is 0 Å². The predicted molar refractivity (Wildman–Crippen MR) is 76.5 cm³/mol. The van der Waals surface area contributed by atoms with Crippen LogP contribution in [-0.4, -0.2) is 31.9 Å². The first-order valence-electron chi connectivity index (χ1n) is 6.72. The minimum Gasteiger partial charge on any atom is -0.394 e. The van der Waals surface area contributed by atoms with E-state index in [9.17, 15) is 5.11 Å². The second kappa shape index (κ2) is 5.17. The van der Waals surface area contributed by atoms with Gasteiger partial charge in [0.25, 0.3) is 0 Å². The molecule has 2 rings (SSSR count). The van der Waals surface area contributed by atoms with Crippen LogP contribution in [0.15, 0.2) is 18.5 Å². The molecule has 0 fully saturated rings. The number of aliphatic hydroxyl groups is 1. The molecule has 0 saturated carbocycles. The van der Waals surface area contributed by atoms with E-state index in [0.29, 0.717) is 5.92 Å². The zero-order chi connectivity index (χ0) is 14.0. The quantitative estimate of drug-likeness (QED) is 0.868. The van der Waals surface area contributed by atoms with Gasteiger partial charge < -0.3 is 10.4 Å². The summed E-state index contributed by atoms with van der Waals surface area (Å²) in [4.78, 5) is 4.38. The number of hydrogen-bond acceptors (Lipinski definition) is 4. The molecule has 0 aliphatic rings. The molecule has 0 aliphatic carbocycles. The molecule has 5 heteroatoms. The summed E-state index contributed by atoms with van der Waals surface area (Å²) in [5.74, 6) is 1.14. The third kappa shape index (κ3) is 2.71. The van der Waals surface area contributed by atoms with Crippen molar-refractivity contribution in [2.75, 3.05) is 11.9 Å². The van der Waals surface area contributed by atoms with Crippen molar-refractivity contribution in [3.8, 4) is 0 Å². The summed E-state index contributed by atoms with van der Waals surface area (Å²) < 4.78 is 1.83. The lowest BCUT2D eigenvalue weighted by atomic mass is 10.0. The summed E-state index contributed by atoms with van der Waals surface area (Å²) in [6.07, 6.45) is 4.38. The molecule has 0 bridgehead atoms. The molecular weight excluding hydrogens is 240 g/mol. The first kappa shape index (κ1) is 13.8. The molecule has 2 aromatic rings. The number of rotatable bonds is 5. The van der Waals surface area contributed by atoms with E-state index in [1.54, 1.807) is 6.20 Å². The highest BCUT2D eigenvalue weighted by Crippen LogP contribution is 2.23. The van der Waals surface area contributed by atoms with E-state index in [1.807, 2.05) is 30.6 Å². The molecular formula is C14H22N4O. The Morgan fingerprint density at radius 1 is 1.47 bits per heavy atom. The lowest BCUT2D eigenvalue weighted by Crippen LogP contribution is -2.38. The molecule has 1 unspecified atom stereocenters. The molecule has 0 radical (unpaired) electrons. The molecule has 104 valence electrons. The number of anilines is 1. The molecule has 2 aromatic heterocycles. The fraction of sp³-hybridized carbons (Fsp3) is 0.571. The highest BCUT2D eigenvalue weighted by atomic mass is 16.3. The van der Waals surface area contributed by atoms with Crippen LogP contribution in [-0.2, 0) is 0 Å². The van der Waals surface area contributed by atoms with Crippen molar-refractivity contribution in [2.45, 2.75) is 45.6 Å². The fourth-order valence-corrected chi connectivity index (χ4v) is 1.85. The van der Waals surface area contributed by atoms with E-state index in [4.69, 9.17) is 0 Å². The van der Waals surface area contributed by atoms with Gasteiger partial charge >= 0.3 is 0 Å². The van der Waals surface area contributed by atoms with Crippen molar-refractivity contribution in [1.29, 1.82) is 0 Å². The van der Waals surface area contributed by atoms with Crippen LogP contribution in [0, 0.1) is 0 Å². The van der Waals surface area contributed by atoms with Gasteiger partial charge in [-0.05, 0) is 25.3 Å². The van der Waals surface area contributed by atoms with Crippen molar-refractivity contribution < 1.29 is 5.11 Å². The molecule has 1 atom stereocenters. The summed E-state index contributed by atoms with van der Waals surface area (Å²) in [6.45, 7) is 8.33. The zero-order valence-electron chi connectivity index (χ0n) is 12.0. The molecule has 0 aromatic carbocycles. The van der Waals surface area contributed by atoms with Gasteiger partial charge in [-0.2, -0.15) is 5.10 Å². The van der Waals surface area contributed by atoms with Crippen LogP contribution in [0.2, 0.25) is 0 Å². The fourth-order valence-electron chi connectivity index (χ4n) is 1.85. The van der Waals surface area contributed by atoms with Crippen LogP contribution in [0.4, 0.5) is 5.82 Å². The standard InChI is InChI=1S/C14H22N4O/c1-5-14(4,9-19)16-13-12-8-11(10(2)3)17-18(12)7-6-15-13/h6-8,10,19H,5,9H2,1-4H3,(H,15,16). The first-order valence-corrected chi connectivity index (χ1v) is 6.72. The van der Waals surface area contributed by atoms with Gasteiger partial charge in [-0.1, -0.05) is 20.8 Å². The molecule has 0 amide bonds. The molecule has 2 N–H and O–H groups in total. The molecule has 5 nitrogen and oxygen atoms in total. The Labute approximate surface area is 113 Å². The van der Waals surface area contributed by atoms with Crippen molar-refractivity contribution in [2.24, 2.45) is 0 Å². The van der Waals surface area contributed by atoms with Gasteiger partial charge in [-0.15, -0.1) is 0 Å². The van der Waals surface area contributed by atoms with E-state index in [2.05, 4.69) is 29.2 Å². The van der Waals surface area contributed by atoms with E-state index >= 15 is 0 Å². The van der Waals surface area contributed by atoms with Crippen molar-refractivity contribution in [3.05, 3.63) is 24.2 Å². The topological polar surface area (TPSA) is 62.5 Å². The maximum Gasteiger partial charge on any atom is 0.152 e. The summed E-state index contributed by atoms with van der Waals surface area (Å²) in [6, 6.07) is 2.05. The molecule has 0 aliphatic heterocycles. The maximum absolute atomic E-state index is 9.50. The second-order valence-electron chi connectivity index (χ2n) is 5.53. The Morgan fingerprint density at radius 3 is 2.79 bits per heavy atom. The zero-order valence-corrected chi connectivity index (χ0v) is 12.0. The highest BCUT2D eigenvalue weighted by molar-refractivity contribution is 5.68. The van der Waals surface area contributed by atoms with Gasteiger partial charge in [0.1, 0.15) is 5.52 Å². The smallest absolute Gasteiger partial charge is 0.152 e. The van der Waals surface area contributed by atoms with Gasteiger partial charge in [0.05, 0.1) is 17.8 Å². The summed E-state index contributed by atoms with van der Waals surface area (Å²) >= 11 is 0. The molecule has 2 heterocycles. The number of nitrogens with one attached hydrogen (secondary N) is 1. The van der Waals surface area contributed by atoms with Gasteiger partial charge in [0, 0.05) is 12.4 Å². The maximum atomic E-state index is 9.50. The molecule has 19 heavy (non-hydrogen) atoms. The number of fused-ring (bicyclic) bond motifs is 1. The van der Waals surface area contributed by atoms with Gasteiger partial charge in [-0.25, -0.2) is 9.50 Å². The average Bonchev–Trinajstić information content (AvgIpc) is 2.84. The number of aliphatic hydroxyl groups excluding tert-OH is 1. The summed E-state index contributed by atoms with van der Waals surface area (Å²) in [5, 5.41) is 17.4. The van der Waals surface area contributed by atoms with Crippen LogP contribution in [0.3, 0.4) is 0 Å². The van der Waals surface area contributed by atoms with E-state index in [0.717, 1.165) is 23.4 Å². The summed E-state index contributed by atoms with van der Waals surface area (Å²) in [7, 11) is 0. The van der Waals surface area contributed by atoms with Crippen molar-refractivity contribution in [3.63, 3.8) is 0 Å². The van der Waals surface area contributed by atoms with E-state index in [1.165, 1.54) is 0 Å². The van der Waals surface area contributed by atoms with Crippen LogP contribution in [0.25, 0.3) is 5.52 Å². The van der Waals surface area contributed by atoms with Crippen LogP contribution in [0.1, 0.15) is 45.7 Å². The molecule has 0 saturated heterocycles. The second-order valence-corrected chi connectivity index (χ2v) is 5.53. The third-order valence-corrected chi connectivity index (χ3v) is 3.55. The minimum absolute atomic E-state index is 0.0669. The lowest BCUT2D eigenvalue weighted by molar-refractivity contribution is 0.218. The normalized spacial score (nSPS) is 14.8. The third-order valence-electron chi connectivity index (χ3n) is 3.55. The Bertz CT molecular complexity index is 558. The van der Waals surface area contributed by atoms with Crippen LogP contribution >= 0.6 is 0 Å². The van der Waals surface area contributed by atoms with Gasteiger partial charge in [0.15, 0.2) is 5.82 Å². The van der Waals surface area contributed by atoms with Crippen LogP contribution in [0.5, 0.6) is 0 Å². The predicted octanol–water partition coefficient (Wildman–Crippen LogP) is 2.43. The largest absolute Gasteiger partial charge is 0.394 e. The average molecular weight is 262 g/mol.